The number of piperidine rings is 1. The smallest absolute Gasteiger partial charge is 0.0418 e. The largest absolute Gasteiger partial charge is 0.382 e. The highest BCUT2D eigenvalue weighted by molar-refractivity contribution is 5.70. The highest BCUT2D eigenvalue weighted by atomic mass is 15.1. The molecule has 25 heavy (non-hydrogen) atoms. The minimum absolute atomic E-state index is 0.572. The summed E-state index contributed by atoms with van der Waals surface area (Å²) in [7, 11) is 0. The zero-order chi connectivity index (χ0) is 17.5. The summed E-state index contributed by atoms with van der Waals surface area (Å²) in [6, 6.07) is 18.0. The Balaban J connectivity index is 1.59. The minimum Gasteiger partial charge on any atom is -0.382 e. The van der Waals surface area contributed by atoms with Crippen LogP contribution in [0.25, 0.3) is 6.08 Å². The van der Waals surface area contributed by atoms with Crippen LogP contribution in [0.2, 0.25) is 0 Å². The van der Waals surface area contributed by atoms with E-state index in [1.54, 1.807) is 0 Å². The lowest BCUT2D eigenvalue weighted by Crippen LogP contribution is -2.38. The van der Waals surface area contributed by atoms with Crippen molar-refractivity contribution in [2.45, 2.75) is 45.7 Å². The van der Waals surface area contributed by atoms with Gasteiger partial charge in [0.05, 0.1) is 0 Å². The van der Waals surface area contributed by atoms with E-state index in [-0.39, 0.29) is 0 Å². The molecule has 0 aromatic heterocycles. The molecule has 1 fully saturated rings. The van der Waals surface area contributed by atoms with Gasteiger partial charge in [0.1, 0.15) is 0 Å². The van der Waals surface area contributed by atoms with Gasteiger partial charge in [-0.2, -0.15) is 0 Å². The summed E-state index contributed by atoms with van der Waals surface area (Å²) in [6.45, 7) is 7.73. The van der Waals surface area contributed by atoms with Gasteiger partial charge in [0, 0.05) is 36.9 Å². The number of hydrogen-bond acceptors (Lipinski definition) is 2. The summed E-state index contributed by atoms with van der Waals surface area (Å²) in [4.78, 5) is 2.57. The van der Waals surface area contributed by atoms with E-state index in [9.17, 15) is 0 Å². The fraction of sp³-hybridized carbons (Fsp3) is 0.391. The predicted molar refractivity (Wildman–Crippen MR) is 109 cm³/mol. The Morgan fingerprint density at radius 2 is 1.80 bits per heavy atom. The third-order valence-electron chi connectivity index (χ3n) is 5.11. The molecule has 2 aromatic rings. The van der Waals surface area contributed by atoms with Gasteiger partial charge in [0.2, 0.25) is 0 Å². The maximum Gasteiger partial charge on any atom is 0.0418 e. The van der Waals surface area contributed by atoms with Gasteiger partial charge in [-0.15, -0.1) is 0 Å². The summed E-state index contributed by atoms with van der Waals surface area (Å²) in [6.07, 6.45) is 7.87. The number of likely N-dealkylation sites (tertiary alicyclic amines) is 1. The first kappa shape index (κ1) is 17.8. The highest BCUT2D eigenvalue weighted by Crippen LogP contribution is 2.25. The van der Waals surface area contributed by atoms with Gasteiger partial charge in [-0.05, 0) is 43.4 Å². The second-order valence-electron chi connectivity index (χ2n) is 6.91. The fourth-order valence-electron chi connectivity index (χ4n) is 3.71. The normalized spacial score (nSPS) is 16.4. The molecule has 1 heterocycles. The number of anilines is 1. The topological polar surface area (TPSA) is 15.3 Å². The van der Waals surface area contributed by atoms with Gasteiger partial charge in [-0.3, -0.25) is 4.90 Å². The summed E-state index contributed by atoms with van der Waals surface area (Å²) in [5.74, 6) is 0. The van der Waals surface area contributed by atoms with Crippen molar-refractivity contribution in [2.24, 2.45) is 0 Å². The van der Waals surface area contributed by atoms with E-state index in [0.717, 1.165) is 13.0 Å². The van der Waals surface area contributed by atoms with Crippen LogP contribution in [-0.2, 0) is 13.0 Å². The van der Waals surface area contributed by atoms with Crippen LogP contribution in [0.4, 0.5) is 5.69 Å². The Morgan fingerprint density at radius 3 is 2.48 bits per heavy atom. The van der Waals surface area contributed by atoms with Crippen molar-refractivity contribution in [3.63, 3.8) is 0 Å². The van der Waals surface area contributed by atoms with Crippen molar-refractivity contribution >= 4 is 11.8 Å². The van der Waals surface area contributed by atoms with Crippen molar-refractivity contribution in [2.75, 3.05) is 18.4 Å². The number of benzene rings is 2. The molecular weight excluding hydrogens is 304 g/mol. The molecule has 0 aliphatic carbocycles. The molecule has 0 saturated carbocycles. The maximum absolute atomic E-state index is 3.82. The van der Waals surface area contributed by atoms with Crippen LogP contribution in [-0.4, -0.2) is 24.0 Å². The SMILES string of the molecule is C/C=C/c1c(CC)cccc1NC1CCN(Cc2ccccc2)CC1. The van der Waals surface area contributed by atoms with Crippen molar-refractivity contribution in [1.82, 2.24) is 4.90 Å². The van der Waals surface area contributed by atoms with E-state index >= 15 is 0 Å². The minimum atomic E-state index is 0.572. The number of nitrogens with zero attached hydrogens (tertiary/aromatic N) is 1. The molecule has 0 bridgehead atoms. The Hall–Kier alpha value is -2.06. The van der Waals surface area contributed by atoms with E-state index in [0.29, 0.717) is 6.04 Å². The molecule has 132 valence electrons. The quantitative estimate of drug-likeness (QED) is 0.765. The van der Waals surface area contributed by atoms with E-state index in [2.05, 4.69) is 84.7 Å². The zero-order valence-electron chi connectivity index (χ0n) is 15.5. The maximum atomic E-state index is 3.82. The van der Waals surface area contributed by atoms with Crippen molar-refractivity contribution in [3.05, 3.63) is 71.3 Å². The zero-order valence-corrected chi connectivity index (χ0v) is 15.5. The third-order valence-corrected chi connectivity index (χ3v) is 5.11. The van der Waals surface area contributed by atoms with Crippen LogP contribution < -0.4 is 5.32 Å². The second kappa shape index (κ2) is 8.87. The Bertz CT molecular complexity index is 682. The standard InChI is InChI=1S/C23H30N2/c1-3-9-22-20(4-2)12-8-13-23(22)24-21-14-16-25(17-15-21)18-19-10-6-5-7-11-19/h3,5-13,21,24H,4,14-18H2,1-2H3/b9-3+. The number of rotatable bonds is 6. The molecule has 0 radical (unpaired) electrons. The van der Waals surface area contributed by atoms with Crippen molar-refractivity contribution < 1.29 is 0 Å². The van der Waals surface area contributed by atoms with E-state index in [4.69, 9.17) is 0 Å². The number of hydrogen-bond donors (Lipinski definition) is 1. The molecule has 2 aromatic carbocycles. The van der Waals surface area contributed by atoms with E-state index < -0.39 is 0 Å². The van der Waals surface area contributed by atoms with Crippen LogP contribution in [0.3, 0.4) is 0 Å². The monoisotopic (exact) mass is 334 g/mol. The Kier molecular flexibility index (Phi) is 6.30. The van der Waals surface area contributed by atoms with Crippen molar-refractivity contribution in [1.29, 1.82) is 0 Å². The molecule has 2 nitrogen and oxygen atoms in total. The summed E-state index contributed by atoms with van der Waals surface area (Å²) < 4.78 is 0. The predicted octanol–water partition coefficient (Wildman–Crippen LogP) is 5.36. The molecule has 1 N–H and O–H groups in total. The Labute approximate surface area is 152 Å². The van der Waals surface area contributed by atoms with Gasteiger partial charge in [-0.1, -0.05) is 61.5 Å². The first-order valence-electron chi connectivity index (χ1n) is 9.57. The molecule has 0 unspecified atom stereocenters. The number of aryl methyl sites for hydroxylation is 1. The first-order valence-corrected chi connectivity index (χ1v) is 9.57. The van der Waals surface area contributed by atoms with Gasteiger partial charge in [0.25, 0.3) is 0 Å². The van der Waals surface area contributed by atoms with Crippen LogP contribution in [0.1, 0.15) is 43.4 Å². The number of nitrogens with one attached hydrogen (secondary N) is 1. The molecule has 1 aliphatic rings. The van der Waals surface area contributed by atoms with Gasteiger partial charge in [0.15, 0.2) is 0 Å². The van der Waals surface area contributed by atoms with Gasteiger partial charge in [-0.25, -0.2) is 0 Å². The summed E-state index contributed by atoms with van der Waals surface area (Å²) in [5.41, 5.74) is 5.49. The number of allylic oxidation sites excluding steroid dienone is 1. The molecule has 3 rings (SSSR count). The van der Waals surface area contributed by atoms with Crippen LogP contribution in [0.5, 0.6) is 0 Å². The lowest BCUT2D eigenvalue weighted by Gasteiger charge is -2.33. The summed E-state index contributed by atoms with van der Waals surface area (Å²) in [5, 5.41) is 3.82. The average molecular weight is 335 g/mol. The first-order chi connectivity index (χ1) is 12.3. The lowest BCUT2D eigenvalue weighted by molar-refractivity contribution is 0.211. The molecule has 0 atom stereocenters. The van der Waals surface area contributed by atoms with Crippen LogP contribution in [0.15, 0.2) is 54.6 Å². The Morgan fingerprint density at radius 1 is 1.04 bits per heavy atom. The molecular formula is C23H30N2. The third kappa shape index (κ3) is 4.73. The van der Waals surface area contributed by atoms with Crippen molar-refractivity contribution in [3.8, 4) is 0 Å². The van der Waals surface area contributed by atoms with Gasteiger partial charge < -0.3 is 5.32 Å². The molecule has 1 saturated heterocycles. The highest BCUT2D eigenvalue weighted by Gasteiger charge is 2.20. The molecule has 2 heteroatoms. The van der Waals surface area contributed by atoms with E-state index in [1.807, 2.05) is 0 Å². The van der Waals surface area contributed by atoms with E-state index in [1.165, 1.54) is 48.3 Å². The average Bonchev–Trinajstić information content (AvgIpc) is 2.66. The second-order valence-corrected chi connectivity index (χ2v) is 6.91. The molecule has 1 aliphatic heterocycles. The van der Waals surface area contributed by atoms with Crippen LogP contribution >= 0.6 is 0 Å². The van der Waals surface area contributed by atoms with Gasteiger partial charge >= 0.3 is 0 Å². The fourth-order valence-corrected chi connectivity index (χ4v) is 3.71. The molecule has 0 spiro atoms. The lowest BCUT2D eigenvalue weighted by atomic mass is 9.99. The summed E-state index contributed by atoms with van der Waals surface area (Å²) >= 11 is 0. The molecule has 0 amide bonds. The van der Waals surface area contributed by atoms with Crippen LogP contribution in [0, 0.1) is 0 Å².